The fourth-order valence-corrected chi connectivity index (χ4v) is 12.7. The first-order valence-corrected chi connectivity index (χ1v) is 41.9. The maximum absolute atomic E-state index is 13.1. The number of aliphatic hydroxyl groups is 1. The number of allylic oxidation sites excluding steroid dienone is 4. The van der Waals surface area contributed by atoms with Gasteiger partial charge in [0.25, 0.3) is 0 Å². The van der Waals surface area contributed by atoms with E-state index >= 15 is 0 Å². The van der Waals surface area contributed by atoms with Crippen LogP contribution in [0.1, 0.15) is 375 Å². The lowest BCUT2D eigenvalue weighted by atomic mass is 10.0. The van der Waals surface area contributed by atoms with Crippen LogP contribution in [0, 0.1) is 5.92 Å². The number of ether oxygens (including phenoxy) is 4. The minimum Gasteiger partial charge on any atom is -0.462 e. The Morgan fingerprint density at radius 1 is 0.326 bits per heavy atom. The Morgan fingerprint density at radius 2 is 0.568 bits per heavy atom. The summed E-state index contributed by atoms with van der Waals surface area (Å²) in [5.74, 6) is -1.37. The van der Waals surface area contributed by atoms with E-state index in [1.54, 1.807) is 0 Å². The number of hydrogen-bond donors (Lipinski definition) is 3. The van der Waals surface area contributed by atoms with Crippen LogP contribution in [0.25, 0.3) is 0 Å². The molecule has 0 amide bonds. The number of hydrogen-bond acceptors (Lipinski definition) is 15. The van der Waals surface area contributed by atoms with Crippen molar-refractivity contribution in [2.24, 2.45) is 5.92 Å². The molecule has 0 aliphatic rings. The molecule has 560 valence electrons. The maximum atomic E-state index is 13.1. The molecule has 0 aromatic rings. The molecule has 19 heteroatoms. The Kier molecular flexibility index (Phi) is 66.9. The van der Waals surface area contributed by atoms with E-state index in [0.717, 1.165) is 121 Å². The molecule has 0 saturated carbocycles. The number of phosphoric ester groups is 2. The normalized spacial score (nSPS) is 14.1. The fraction of sp³-hybridized carbons (Fsp3) is 0.895. The number of carbonyl (C=O) groups is 4. The molecule has 0 saturated heterocycles. The zero-order valence-corrected chi connectivity index (χ0v) is 63.1. The lowest BCUT2D eigenvalue weighted by Gasteiger charge is -2.21. The summed E-state index contributed by atoms with van der Waals surface area (Å²) in [6.45, 7) is 7.21. The van der Waals surface area contributed by atoms with Crippen LogP contribution in [0.3, 0.4) is 0 Å². The zero-order chi connectivity index (χ0) is 69.8. The van der Waals surface area contributed by atoms with Crippen molar-refractivity contribution < 1.29 is 80.2 Å². The predicted octanol–water partition coefficient (Wildman–Crippen LogP) is 22.0. The third-order valence-electron chi connectivity index (χ3n) is 17.2. The number of phosphoric acid groups is 2. The van der Waals surface area contributed by atoms with E-state index in [4.69, 9.17) is 37.0 Å². The van der Waals surface area contributed by atoms with Crippen LogP contribution in [0.5, 0.6) is 0 Å². The SMILES string of the molecule is CCCCCC/C=C\C=C/CCCCCCCC(=O)OC[C@H](COP(=O)(O)OC[C@@H](O)COP(=O)(O)OC[C@@H](COC(=O)CCCCCCCCCC)OC(=O)CCCCCCCCCCCCCCC(C)C)OC(=O)CCCCCCCCCCCCCCCCCCC. The van der Waals surface area contributed by atoms with Crippen LogP contribution < -0.4 is 0 Å². The molecule has 0 aliphatic heterocycles. The van der Waals surface area contributed by atoms with Crippen molar-refractivity contribution in [2.45, 2.75) is 393 Å². The van der Waals surface area contributed by atoms with Gasteiger partial charge in [-0.25, -0.2) is 9.13 Å². The molecule has 0 bridgehead atoms. The highest BCUT2D eigenvalue weighted by molar-refractivity contribution is 7.47. The van der Waals surface area contributed by atoms with E-state index in [-0.39, 0.29) is 25.7 Å². The minimum absolute atomic E-state index is 0.102. The summed E-state index contributed by atoms with van der Waals surface area (Å²) in [5.41, 5.74) is 0. The van der Waals surface area contributed by atoms with Crippen molar-refractivity contribution in [2.75, 3.05) is 39.6 Å². The van der Waals surface area contributed by atoms with Crippen molar-refractivity contribution in [1.82, 2.24) is 0 Å². The molecule has 95 heavy (non-hydrogen) atoms. The molecular formula is C76H144O17P2. The van der Waals surface area contributed by atoms with Gasteiger partial charge in [-0.2, -0.15) is 0 Å². The van der Waals surface area contributed by atoms with Gasteiger partial charge in [-0.05, 0) is 57.3 Å². The molecule has 0 aromatic carbocycles. The monoisotopic (exact) mass is 1390 g/mol. The second-order valence-electron chi connectivity index (χ2n) is 27.2. The van der Waals surface area contributed by atoms with E-state index in [9.17, 15) is 43.2 Å². The van der Waals surface area contributed by atoms with Gasteiger partial charge < -0.3 is 33.8 Å². The lowest BCUT2D eigenvalue weighted by Crippen LogP contribution is -2.30. The summed E-state index contributed by atoms with van der Waals surface area (Å²) in [6, 6.07) is 0. The zero-order valence-electron chi connectivity index (χ0n) is 61.3. The third-order valence-corrected chi connectivity index (χ3v) is 19.1. The van der Waals surface area contributed by atoms with Crippen molar-refractivity contribution in [3.8, 4) is 0 Å². The van der Waals surface area contributed by atoms with Gasteiger partial charge in [0, 0.05) is 25.7 Å². The molecule has 5 atom stereocenters. The van der Waals surface area contributed by atoms with E-state index in [1.165, 1.54) is 173 Å². The van der Waals surface area contributed by atoms with Crippen LogP contribution in [0.2, 0.25) is 0 Å². The molecule has 2 unspecified atom stereocenters. The topological polar surface area (TPSA) is 237 Å². The average Bonchev–Trinajstić information content (AvgIpc) is 1.63. The Balaban J connectivity index is 5.25. The highest BCUT2D eigenvalue weighted by Gasteiger charge is 2.30. The number of aliphatic hydroxyl groups excluding tert-OH is 1. The van der Waals surface area contributed by atoms with Gasteiger partial charge in [-0.3, -0.25) is 37.3 Å². The summed E-state index contributed by atoms with van der Waals surface area (Å²) in [4.78, 5) is 72.7. The summed E-state index contributed by atoms with van der Waals surface area (Å²) >= 11 is 0. The Morgan fingerprint density at radius 3 is 0.863 bits per heavy atom. The maximum Gasteiger partial charge on any atom is 0.472 e. The molecule has 0 spiro atoms. The first-order valence-electron chi connectivity index (χ1n) is 39.0. The van der Waals surface area contributed by atoms with Gasteiger partial charge >= 0.3 is 39.5 Å². The Labute approximate surface area is 580 Å². The van der Waals surface area contributed by atoms with Gasteiger partial charge in [-0.1, -0.05) is 322 Å². The highest BCUT2D eigenvalue weighted by Crippen LogP contribution is 2.45. The number of rotatable bonds is 74. The fourth-order valence-electron chi connectivity index (χ4n) is 11.2. The van der Waals surface area contributed by atoms with Crippen molar-refractivity contribution in [3.63, 3.8) is 0 Å². The van der Waals surface area contributed by atoms with Crippen LogP contribution in [-0.2, 0) is 65.4 Å². The van der Waals surface area contributed by atoms with Crippen LogP contribution >= 0.6 is 15.6 Å². The Hall–Kier alpha value is -2.46. The summed E-state index contributed by atoms with van der Waals surface area (Å²) in [7, 11) is -9.92. The molecule has 0 radical (unpaired) electrons. The predicted molar refractivity (Wildman–Crippen MR) is 386 cm³/mol. The van der Waals surface area contributed by atoms with E-state index in [0.29, 0.717) is 25.7 Å². The first-order chi connectivity index (χ1) is 46.0. The largest absolute Gasteiger partial charge is 0.472 e. The smallest absolute Gasteiger partial charge is 0.462 e. The first kappa shape index (κ1) is 92.5. The second-order valence-corrected chi connectivity index (χ2v) is 30.1. The minimum atomic E-state index is -4.96. The molecule has 0 aromatic heterocycles. The number of esters is 4. The van der Waals surface area contributed by atoms with Crippen LogP contribution in [-0.4, -0.2) is 96.7 Å². The molecule has 0 heterocycles. The molecule has 3 N–H and O–H groups in total. The van der Waals surface area contributed by atoms with Gasteiger partial charge in [0.05, 0.1) is 26.4 Å². The van der Waals surface area contributed by atoms with Gasteiger partial charge in [0.1, 0.15) is 19.3 Å². The molecule has 0 aliphatic carbocycles. The summed E-state index contributed by atoms with van der Waals surface area (Å²) in [5, 5.41) is 10.6. The van der Waals surface area contributed by atoms with E-state index in [1.807, 2.05) is 0 Å². The molecular weight excluding hydrogens is 1250 g/mol. The lowest BCUT2D eigenvalue weighted by molar-refractivity contribution is -0.161. The number of unbranched alkanes of at least 4 members (excludes halogenated alkanes) is 43. The Bertz CT molecular complexity index is 1920. The van der Waals surface area contributed by atoms with Gasteiger partial charge in [0.15, 0.2) is 12.2 Å². The van der Waals surface area contributed by atoms with Gasteiger partial charge in [0.2, 0.25) is 0 Å². The molecule has 0 fully saturated rings. The van der Waals surface area contributed by atoms with Crippen LogP contribution in [0.4, 0.5) is 0 Å². The van der Waals surface area contributed by atoms with E-state index < -0.39 is 97.5 Å². The second kappa shape index (κ2) is 68.7. The third kappa shape index (κ3) is 69.8. The average molecular weight is 1390 g/mol. The summed E-state index contributed by atoms with van der Waals surface area (Å²) < 4.78 is 68.4. The number of carbonyl (C=O) groups excluding carboxylic acids is 4. The quantitative estimate of drug-likeness (QED) is 0.0169. The van der Waals surface area contributed by atoms with Crippen molar-refractivity contribution >= 4 is 39.5 Å². The van der Waals surface area contributed by atoms with E-state index in [2.05, 4.69) is 58.9 Å². The van der Waals surface area contributed by atoms with Crippen molar-refractivity contribution in [1.29, 1.82) is 0 Å². The van der Waals surface area contributed by atoms with Crippen LogP contribution in [0.15, 0.2) is 24.3 Å². The molecule has 0 rings (SSSR count). The van der Waals surface area contributed by atoms with Gasteiger partial charge in [-0.15, -0.1) is 0 Å². The highest BCUT2D eigenvalue weighted by atomic mass is 31.2. The van der Waals surface area contributed by atoms with Crippen molar-refractivity contribution in [3.05, 3.63) is 24.3 Å². The molecule has 17 nitrogen and oxygen atoms in total. The summed E-state index contributed by atoms with van der Waals surface area (Å²) in [6.07, 6.45) is 60.4. The standard InChI is InChI=1S/C76H144O17P2/c1-6-9-12-15-18-21-23-25-27-28-30-32-37-41-46-51-56-61-75(80)93-72(66-87-74(79)60-55-50-45-40-36-31-29-26-24-22-19-16-13-10-7-2)68-91-95(84,85)89-64-70(77)63-88-94(82,83)90-67-71(65-86-73(78)59-54-49-44-20-17-14-11-8-3)92-76(81)62-57-52-47-42-38-34-33-35-39-43-48-53-58-69(4)5/h22,24,26,29,69-72,77H,6-21,23,25,27-28,30-68H2,1-5H3,(H,82,83)(H,84,85)/b24-22-,29-26-/t70-,71+,72+/m0/s1.